The number of methoxy groups -OCH3 is 1. The van der Waals surface area contributed by atoms with E-state index in [9.17, 15) is 9.59 Å². The Morgan fingerprint density at radius 1 is 1.14 bits per heavy atom. The van der Waals surface area contributed by atoms with Gasteiger partial charge in [0.25, 0.3) is 0 Å². The molecule has 2 aliphatic rings. The van der Waals surface area contributed by atoms with Gasteiger partial charge in [0.15, 0.2) is 6.10 Å². The van der Waals surface area contributed by atoms with Crippen LogP contribution in [0.15, 0.2) is 54.6 Å². The lowest BCUT2D eigenvalue weighted by molar-refractivity contribution is -0.0916. The summed E-state index contributed by atoms with van der Waals surface area (Å²) in [4.78, 5) is 26.3. The summed E-state index contributed by atoms with van der Waals surface area (Å²) in [6, 6.07) is 15.8. The SMILES string of the molecule is COc1ccc(N2C(=O)O[C@@H]3[C@@H](COC(=O)c4ccccc4)OCC[C@@H]32)cc1. The average molecular weight is 383 g/mol. The summed E-state index contributed by atoms with van der Waals surface area (Å²) >= 11 is 0. The van der Waals surface area contributed by atoms with Crippen molar-refractivity contribution in [3.05, 3.63) is 60.2 Å². The number of hydrogen-bond donors (Lipinski definition) is 0. The molecule has 0 spiro atoms. The molecule has 0 aliphatic carbocycles. The Hall–Kier alpha value is -3.06. The number of esters is 1. The van der Waals surface area contributed by atoms with E-state index in [-0.39, 0.29) is 12.6 Å². The molecule has 7 heteroatoms. The van der Waals surface area contributed by atoms with Crippen molar-refractivity contribution in [1.29, 1.82) is 0 Å². The zero-order valence-electron chi connectivity index (χ0n) is 15.4. The number of anilines is 1. The zero-order valence-corrected chi connectivity index (χ0v) is 15.4. The van der Waals surface area contributed by atoms with Crippen molar-refractivity contribution in [3.8, 4) is 5.75 Å². The van der Waals surface area contributed by atoms with Crippen LogP contribution in [0.3, 0.4) is 0 Å². The Morgan fingerprint density at radius 2 is 1.89 bits per heavy atom. The minimum absolute atomic E-state index is 0.0264. The van der Waals surface area contributed by atoms with Crippen molar-refractivity contribution in [2.24, 2.45) is 0 Å². The number of nitrogens with zero attached hydrogens (tertiary/aromatic N) is 1. The predicted molar refractivity (Wildman–Crippen MR) is 101 cm³/mol. The molecule has 2 saturated heterocycles. The summed E-state index contributed by atoms with van der Waals surface area (Å²) in [7, 11) is 1.59. The van der Waals surface area contributed by atoms with Gasteiger partial charge in [0.1, 0.15) is 18.5 Å². The van der Waals surface area contributed by atoms with Crippen LogP contribution in [-0.2, 0) is 14.2 Å². The molecule has 2 aromatic rings. The standard InChI is InChI=1S/C21H21NO6/c1-25-16-9-7-15(8-10-16)22-17-11-12-26-18(19(17)28-21(22)24)13-27-20(23)14-5-3-2-4-6-14/h2-10,17-19H,11-13H2,1H3/t17-,18+,19-/m0/s1. The Morgan fingerprint density at radius 3 is 2.61 bits per heavy atom. The van der Waals surface area contributed by atoms with Crippen LogP contribution in [0.2, 0.25) is 0 Å². The highest BCUT2D eigenvalue weighted by molar-refractivity contribution is 5.91. The smallest absolute Gasteiger partial charge is 0.415 e. The van der Waals surface area contributed by atoms with Crippen LogP contribution in [0.4, 0.5) is 10.5 Å². The third kappa shape index (κ3) is 3.53. The lowest BCUT2D eigenvalue weighted by Gasteiger charge is -2.33. The fraction of sp³-hybridized carbons (Fsp3) is 0.333. The van der Waals surface area contributed by atoms with Gasteiger partial charge < -0.3 is 18.9 Å². The van der Waals surface area contributed by atoms with E-state index in [1.54, 1.807) is 48.4 Å². The van der Waals surface area contributed by atoms with Gasteiger partial charge in [0.05, 0.1) is 18.7 Å². The zero-order chi connectivity index (χ0) is 19.5. The molecular formula is C21H21NO6. The highest BCUT2D eigenvalue weighted by Crippen LogP contribution is 2.34. The van der Waals surface area contributed by atoms with Crippen molar-refractivity contribution in [3.63, 3.8) is 0 Å². The number of carbonyl (C=O) groups excluding carboxylic acids is 2. The number of fused-ring (bicyclic) bond motifs is 1. The minimum Gasteiger partial charge on any atom is -0.497 e. The first kappa shape index (κ1) is 18.3. The fourth-order valence-corrected chi connectivity index (χ4v) is 3.58. The lowest BCUT2D eigenvalue weighted by Crippen LogP contribution is -2.49. The summed E-state index contributed by atoms with van der Waals surface area (Å²) in [5, 5.41) is 0. The van der Waals surface area contributed by atoms with Crippen molar-refractivity contribution in [2.75, 3.05) is 25.2 Å². The van der Waals surface area contributed by atoms with Crippen LogP contribution >= 0.6 is 0 Å². The first-order chi connectivity index (χ1) is 13.7. The van der Waals surface area contributed by atoms with Gasteiger partial charge in [-0.3, -0.25) is 4.90 Å². The molecule has 4 rings (SSSR count). The van der Waals surface area contributed by atoms with Crippen LogP contribution in [0.5, 0.6) is 5.75 Å². The van der Waals surface area contributed by atoms with E-state index in [0.717, 1.165) is 5.69 Å². The molecular weight excluding hydrogens is 362 g/mol. The number of rotatable bonds is 5. The van der Waals surface area contributed by atoms with Gasteiger partial charge in [-0.1, -0.05) is 18.2 Å². The first-order valence-corrected chi connectivity index (χ1v) is 9.15. The predicted octanol–water partition coefficient (Wildman–Crippen LogP) is 3.03. The van der Waals surface area contributed by atoms with E-state index in [2.05, 4.69) is 0 Å². The van der Waals surface area contributed by atoms with Gasteiger partial charge in [-0.15, -0.1) is 0 Å². The van der Waals surface area contributed by atoms with Crippen molar-refractivity contribution in [2.45, 2.75) is 24.7 Å². The number of amides is 1. The molecule has 0 saturated carbocycles. The van der Waals surface area contributed by atoms with E-state index < -0.39 is 24.3 Å². The Balaban J connectivity index is 1.44. The molecule has 0 bridgehead atoms. The first-order valence-electron chi connectivity index (χ1n) is 9.15. The maximum absolute atomic E-state index is 12.5. The van der Waals surface area contributed by atoms with Crippen LogP contribution in [0.1, 0.15) is 16.8 Å². The second-order valence-electron chi connectivity index (χ2n) is 6.65. The van der Waals surface area contributed by atoms with Crippen LogP contribution in [0, 0.1) is 0 Å². The number of ether oxygens (including phenoxy) is 4. The highest BCUT2D eigenvalue weighted by atomic mass is 16.6. The second kappa shape index (κ2) is 7.90. The molecule has 2 heterocycles. The molecule has 2 aromatic carbocycles. The van der Waals surface area contributed by atoms with Gasteiger partial charge in [0.2, 0.25) is 0 Å². The van der Waals surface area contributed by atoms with Crippen LogP contribution < -0.4 is 9.64 Å². The molecule has 0 unspecified atom stereocenters. The molecule has 3 atom stereocenters. The highest BCUT2D eigenvalue weighted by Gasteiger charge is 2.49. The van der Waals surface area contributed by atoms with E-state index >= 15 is 0 Å². The lowest BCUT2D eigenvalue weighted by atomic mass is 9.99. The van der Waals surface area contributed by atoms with E-state index in [4.69, 9.17) is 18.9 Å². The number of benzene rings is 2. The van der Waals surface area contributed by atoms with Gasteiger partial charge in [-0.25, -0.2) is 9.59 Å². The Bertz CT molecular complexity index is 838. The summed E-state index contributed by atoms with van der Waals surface area (Å²) in [5.74, 6) is 0.285. The number of carbonyl (C=O) groups is 2. The third-order valence-electron chi connectivity index (χ3n) is 5.00. The summed E-state index contributed by atoms with van der Waals surface area (Å²) in [6.45, 7) is 0.483. The summed E-state index contributed by atoms with van der Waals surface area (Å²) in [5.41, 5.74) is 1.21. The molecule has 146 valence electrons. The number of hydrogen-bond acceptors (Lipinski definition) is 6. The maximum atomic E-state index is 12.5. The molecule has 2 aliphatic heterocycles. The van der Waals surface area contributed by atoms with Gasteiger partial charge >= 0.3 is 12.1 Å². The average Bonchev–Trinajstić information content (AvgIpc) is 3.09. The van der Waals surface area contributed by atoms with Crippen LogP contribution in [0.25, 0.3) is 0 Å². The third-order valence-corrected chi connectivity index (χ3v) is 5.00. The minimum atomic E-state index is -0.501. The quantitative estimate of drug-likeness (QED) is 0.739. The topological polar surface area (TPSA) is 74.3 Å². The van der Waals surface area contributed by atoms with Crippen molar-refractivity contribution in [1.82, 2.24) is 0 Å². The van der Waals surface area contributed by atoms with E-state index in [1.165, 1.54) is 0 Å². The molecule has 7 nitrogen and oxygen atoms in total. The fourth-order valence-electron chi connectivity index (χ4n) is 3.58. The van der Waals surface area contributed by atoms with Crippen LogP contribution in [-0.4, -0.2) is 50.6 Å². The Kier molecular flexibility index (Phi) is 5.16. The van der Waals surface area contributed by atoms with E-state index in [1.807, 2.05) is 18.2 Å². The molecule has 2 fully saturated rings. The Labute approximate surface area is 162 Å². The monoisotopic (exact) mass is 383 g/mol. The molecule has 1 amide bonds. The van der Waals surface area contributed by atoms with Gasteiger partial charge in [-0.2, -0.15) is 0 Å². The van der Waals surface area contributed by atoms with Crippen molar-refractivity contribution < 1.29 is 28.5 Å². The summed E-state index contributed by atoms with van der Waals surface area (Å²) in [6.07, 6.45) is -0.776. The molecule has 0 radical (unpaired) electrons. The normalized spacial score (nSPS) is 23.7. The molecule has 28 heavy (non-hydrogen) atoms. The molecule has 0 N–H and O–H groups in total. The van der Waals surface area contributed by atoms with Gasteiger partial charge in [0, 0.05) is 12.3 Å². The maximum Gasteiger partial charge on any atom is 0.415 e. The molecule has 0 aromatic heterocycles. The summed E-state index contributed by atoms with van der Waals surface area (Å²) < 4.78 is 21.9. The largest absolute Gasteiger partial charge is 0.497 e. The second-order valence-corrected chi connectivity index (χ2v) is 6.65. The van der Waals surface area contributed by atoms with Crippen molar-refractivity contribution >= 4 is 17.7 Å². The van der Waals surface area contributed by atoms with Gasteiger partial charge in [-0.05, 0) is 42.8 Å². The van der Waals surface area contributed by atoms with E-state index in [0.29, 0.717) is 24.3 Å².